The molecule has 24 heavy (non-hydrogen) atoms. The van der Waals surface area contributed by atoms with Crippen LogP contribution in [0.1, 0.15) is 12.8 Å². The highest BCUT2D eigenvalue weighted by atomic mass is 35.5. The maximum absolute atomic E-state index is 12.4. The number of halogens is 1. The van der Waals surface area contributed by atoms with Gasteiger partial charge in [0.15, 0.2) is 0 Å². The van der Waals surface area contributed by atoms with E-state index in [4.69, 9.17) is 16.3 Å². The summed E-state index contributed by atoms with van der Waals surface area (Å²) in [5.41, 5.74) is 1.93. The first-order valence-electron chi connectivity index (χ1n) is 8.11. The molecule has 1 N–H and O–H groups in total. The van der Waals surface area contributed by atoms with E-state index in [-0.39, 0.29) is 11.8 Å². The normalized spacial score (nSPS) is 15.2. The molecule has 0 bridgehead atoms. The van der Waals surface area contributed by atoms with Crippen LogP contribution < -0.4 is 15.0 Å². The minimum atomic E-state index is 0.0440. The Kier molecular flexibility index (Phi) is 5.26. The molecule has 0 unspecified atom stereocenters. The van der Waals surface area contributed by atoms with Gasteiger partial charge in [-0.15, -0.1) is 0 Å². The van der Waals surface area contributed by atoms with Crippen LogP contribution in [0.15, 0.2) is 48.5 Å². The molecule has 0 saturated carbocycles. The molecule has 2 aromatic rings. The van der Waals surface area contributed by atoms with Crippen LogP contribution in [0.5, 0.6) is 5.75 Å². The van der Waals surface area contributed by atoms with Gasteiger partial charge in [-0.1, -0.05) is 17.7 Å². The lowest BCUT2D eigenvalue weighted by Crippen LogP contribution is -2.38. The van der Waals surface area contributed by atoms with Crippen LogP contribution >= 0.6 is 11.6 Å². The second-order valence-electron chi connectivity index (χ2n) is 5.96. The monoisotopic (exact) mass is 344 g/mol. The van der Waals surface area contributed by atoms with Crippen LogP contribution in [0.25, 0.3) is 0 Å². The van der Waals surface area contributed by atoms with Crippen LogP contribution in [0.3, 0.4) is 0 Å². The minimum absolute atomic E-state index is 0.0440. The molecule has 1 saturated heterocycles. The predicted molar refractivity (Wildman–Crippen MR) is 98.0 cm³/mol. The predicted octanol–water partition coefficient (Wildman–Crippen LogP) is 4.20. The smallest absolute Gasteiger partial charge is 0.227 e. The van der Waals surface area contributed by atoms with Crippen molar-refractivity contribution in [3.05, 3.63) is 53.6 Å². The molecule has 0 atom stereocenters. The van der Waals surface area contributed by atoms with Crippen molar-refractivity contribution in [2.24, 2.45) is 5.92 Å². The summed E-state index contributed by atoms with van der Waals surface area (Å²) >= 11 is 6.06. The van der Waals surface area contributed by atoms with Gasteiger partial charge in [-0.2, -0.15) is 0 Å². The Morgan fingerprint density at radius 3 is 2.50 bits per heavy atom. The number of nitrogens with zero attached hydrogens (tertiary/aromatic N) is 1. The third-order valence-corrected chi connectivity index (χ3v) is 4.63. The number of ether oxygens (including phenoxy) is 1. The summed E-state index contributed by atoms with van der Waals surface area (Å²) in [5, 5.41) is 3.74. The number of rotatable bonds is 4. The van der Waals surface area contributed by atoms with Gasteiger partial charge >= 0.3 is 0 Å². The molecule has 0 radical (unpaired) electrons. The maximum Gasteiger partial charge on any atom is 0.227 e. The Bertz CT molecular complexity index is 695. The standard InChI is InChI=1S/C19H21ClN2O2/c1-24-18-7-5-16(6-8-18)21-19(23)14-9-11-22(12-10-14)17-4-2-3-15(20)13-17/h2-8,13-14H,9-12H2,1H3,(H,21,23). The quantitative estimate of drug-likeness (QED) is 0.903. The van der Waals surface area contributed by atoms with Crippen molar-refractivity contribution in [2.45, 2.75) is 12.8 Å². The van der Waals surface area contributed by atoms with E-state index >= 15 is 0 Å². The second kappa shape index (κ2) is 7.58. The summed E-state index contributed by atoms with van der Waals surface area (Å²) in [4.78, 5) is 14.7. The van der Waals surface area contributed by atoms with Gasteiger partial charge in [0.25, 0.3) is 0 Å². The molecule has 4 nitrogen and oxygen atoms in total. The Labute approximate surface area is 147 Å². The number of anilines is 2. The van der Waals surface area contributed by atoms with E-state index in [1.807, 2.05) is 42.5 Å². The van der Waals surface area contributed by atoms with Gasteiger partial charge in [-0.3, -0.25) is 4.79 Å². The molecule has 1 aliphatic heterocycles. The number of hydrogen-bond donors (Lipinski definition) is 1. The molecule has 1 aliphatic rings. The van der Waals surface area contributed by atoms with Crippen molar-refractivity contribution >= 4 is 28.9 Å². The van der Waals surface area contributed by atoms with Gasteiger partial charge in [-0.05, 0) is 55.3 Å². The number of nitrogens with one attached hydrogen (secondary N) is 1. The lowest BCUT2D eigenvalue weighted by Gasteiger charge is -2.33. The van der Waals surface area contributed by atoms with E-state index in [2.05, 4.69) is 16.3 Å². The molecule has 126 valence electrons. The van der Waals surface area contributed by atoms with Crippen molar-refractivity contribution in [1.82, 2.24) is 0 Å². The van der Waals surface area contributed by atoms with E-state index in [1.54, 1.807) is 7.11 Å². The van der Waals surface area contributed by atoms with Crippen LogP contribution in [-0.4, -0.2) is 26.1 Å². The van der Waals surface area contributed by atoms with Crippen LogP contribution in [0.4, 0.5) is 11.4 Å². The first-order valence-corrected chi connectivity index (χ1v) is 8.49. The fraction of sp³-hybridized carbons (Fsp3) is 0.316. The second-order valence-corrected chi connectivity index (χ2v) is 6.40. The fourth-order valence-electron chi connectivity index (χ4n) is 2.99. The maximum atomic E-state index is 12.4. The highest BCUT2D eigenvalue weighted by molar-refractivity contribution is 6.30. The first-order chi connectivity index (χ1) is 11.7. The SMILES string of the molecule is COc1ccc(NC(=O)C2CCN(c3cccc(Cl)c3)CC2)cc1. The zero-order valence-corrected chi connectivity index (χ0v) is 14.4. The number of hydrogen-bond acceptors (Lipinski definition) is 3. The van der Waals surface area contributed by atoms with E-state index in [0.717, 1.165) is 48.1 Å². The molecule has 2 aromatic carbocycles. The molecule has 0 aliphatic carbocycles. The van der Waals surface area contributed by atoms with Gasteiger partial charge in [0.05, 0.1) is 7.11 Å². The van der Waals surface area contributed by atoms with Crippen molar-refractivity contribution < 1.29 is 9.53 Å². The third kappa shape index (κ3) is 4.01. The lowest BCUT2D eigenvalue weighted by atomic mass is 9.95. The number of piperidine rings is 1. The van der Waals surface area contributed by atoms with Crippen LogP contribution in [0.2, 0.25) is 5.02 Å². The Morgan fingerprint density at radius 2 is 1.88 bits per heavy atom. The van der Waals surface area contributed by atoms with Crippen molar-refractivity contribution in [1.29, 1.82) is 0 Å². The van der Waals surface area contributed by atoms with Crippen molar-refractivity contribution in [3.63, 3.8) is 0 Å². The lowest BCUT2D eigenvalue weighted by molar-refractivity contribution is -0.120. The molecule has 0 spiro atoms. The summed E-state index contributed by atoms with van der Waals surface area (Å²) in [5.74, 6) is 0.913. The largest absolute Gasteiger partial charge is 0.497 e. The number of carbonyl (C=O) groups is 1. The molecule has 1 fully saturated rings. The molecular weight excluding hydrogens is 324 g/mol. The van der Waals surface area contributed by atoms with Crippen molar-refractivity contribution in [2.75, 3.05) is 30.4 Å². The average Bonchev–Trinajstić information content (AvgIpc) is 2.62. The fourth-order valence-corrected chi connectivity index (χ4v) is 3.18. The number of benzene rings is 2. The molecule has 5 heteroatoms. The molecule has 1 heterocycles. The topological polar surface area (TPSA) is 41.6 Å². The van der Waals surface area contributed by atoms with Gasteiger partial charge in [0.2, 0.25) is 5.91 Å². The number of carbonyl (C=O) groups excluding carboxylic acids is 1. The minimum Gasteiger partial charge on any atom is -0.497 e. The van der Waals surface area contributed by atoms with Gasteiger partial charge in [-0.25, -0.2) is 0 Å². The molecule has 3 rings (SSSR count). The summed E-state index contributed by atoms with van der Waals surface area (Å²) in [7, 11) is 1.63. The Balaban J connectivity index is 1.54. The molecule has 0 aromatic heterocycles. The average molecular weight is 345 g/mol. The summed E-state index contributed by atoms with van der Waals surface area (Å²) < 4.78 is 5.13. The molecular formula is C19H21ClN2O2. The summed E-state index contributed by atoms with van der Waals surface area (Å²) in [6.07, 6.45) is 1.68. The van der Waals surface area contributed by atoms with E-state index in [9.17, 15) is 4.79 Å². The zero-order valence-electron chi connectivity index (χ0n) is 13.7. The Morgan fingerprint density at radius 1 is 1.17 bits per heavy atom. The number of methoxy groups -OCH3 is 1. The van der Waals surface area contributed by atoms with Crippen LogP contribution in [0, 0.1) is 5.92 Å². The highest BCUT2D eigenvalue weighted by Crippen LogP contribution is 2.26. The van der Waals surface area contributed by atoms with E-state index in [0.29, 0.717) is 0 Å². The Hall–Kier alpha value is -2.20. The van der Waals surface area contributed by atoms with Crippen molar-refractivity contribution in [3.8, 4) is 5.75 Å². The van der Waals surface area contributed by atoms with Crippen LogP contribution in [-0.2, 0) is 4.79 Å². The zero-order chi connectivity index (χ0) is 16.9. The van der Waals surface area contributed by atoms with E-state index < -0.39 is 0 Å². The van der Waals surface area contributed by atoms with E-state index in [1.165, 1.54) is 0 Å². The van der Waals surface area contributed by atoms with Gasteiger partial charge < -0.3 is 15.0 Å². The number of amides is 1. The summed E-state index contributed by atoms with van der Waals surface area (Å²) in [6.45, 7) is 1.72. The van der Waals surface area contributed by atoms with Gasteiger partial charge in [0, 0.05) is 35.4 Å². The summed E-state index contributed by atoms with van der Waals surface area (Å²) in [6, 6.07) is 15.3. The first kappa shape index (κ1) is 16.7. The third-order valence-electron chi connectivity index (χ3n) is 4.40. The van der Waals surface area contributed by atoms with Gasteiger partial charge in [0.1, 0.15) is 5.75 Å². The molecule has 1 amide bonds. The highest BCUT2D eigenvalue weighted by Gasteiger charge is 2.25.